The summed E-state index contributed by atoms with van der Waals surface area (Å²) >= 11 is 0. The first kappa shape index (κ1) is 18.6. The number of piperidine rings is 1. The number of hydrogen-bond donors (Lipinski definition) is 2. The number of hydrogen-bond acceptors (Lipinski definition) is 7. The predicted molar refractivity (Wildman–Crippen MR) is 107 cm³/mol. The summed E-state index contributed by atoms with van der Waals surface area (Å²) < 4.78 is 30.8. The molecule has 0 bridgehead atoms. The van der Waals surface area contributed by atoms with Gasteiger partial charge in [-0.25, -0.2) is 23.4 Å². The van der Waals surface area contributed by atoms with Gasteiger partial charge in [-0.3, -0.25) is 4.68 Å². The molecule has 9 nitrogen and oxygen atoms in total. The van der Waals surface area contributed by atoms with Crippen LogP contribution in [0.1, 0.15) is 12.5 Å². The van der Waals surface area contributed by atoms with Crippen molar-refractivity contribution in [2.45, 2.75) is 18.4 Å². The Balaban J connectivity index is 1.43. The molecular weight excluding hydrogens is 392 g/mol. The van der Waals surface area contributed by atoms with E-state index in [9.17, 15) is 8.78 Å². The number of benzene rings is 1. The van der Waals surface area contributed by atoms with Gasteiger partial charge in [-0.15, -0.1) is 5.10 Å². The van der Waals surface area contributed by atoms with Crippen LogP contribution in [-0.2, 0) is 7.05 Å². The summed E-state index contributed by atoms with van der Waals surface area (Å²) in [7, 11) is 1.82. The highest BCUT2D eigenvalue weighted by Crippen LogP contribution is 2.31. The van der Waals surface area contributed by atoms with Crippen LogP contribution in [0.4, 0.5) is 20.5 Å². The van der Waals surface area contributed by atoms with E-state index < -0.39 is 12.0 Å². The molecule has 1 saturated heterocycles. The van der Waals surface area contributed by atoms with Crippen LogP contribution in [0.2, 0.25) is 0 Å². The zero-order valence-electron chi connectivity index (χ0n) is 16.1. The molecule has 4 heterocycles. The average molecular weight is 411 g/mol. The number of nitrogens with one attached hydrogen (secondary N) is 2. The Labute approximate surface area is 170 Å². The summed E-state index contributed by atoms with van der Waals surface area (Å²) in [6.07, 6.45) is 3.09. The number of alkyl halides is 2. The minimum atomic E-state index is -2.75. The van der Waals surface area contributed by atoms with Crippen molar-refractivity contribution in [1.82, 2.24) is 40.1 Å². The Morgan fingerprint density at radius 3 is 2.90 bits per heavy atom. The third-order valence-corrected chi connectivity index (χ3v) is 5.13. The van der Waals surface area contributed by atoms with E-state index in [0.717, 1.165) is 11.4 Å². The van der Waals surface area contributed by atoms with E-state index in [4.69, 9.17) is 0 Å². The van der Waals surface area contributed by atoms with Crippen LogP contribution in [0, 0.1) is 0 Å². The molecule has 1 atom stereocenters. The molecule has 1 aliphatic heterocycles. The number of rotatable bonds is 4. The molecule has 11 heteroatoms. The fraction of sp³-hybridized carbons (Fsp3) is 0.316. The highest BCUT2D eigenvalue weighted by molar-refractivity contribution is 5.80. The van der Waals surface area contributed by atoms with Crippen molar-refractivity contribution in [2.24, 2.45) is 7.05 Å². The number of anilines is 2. The Bertz CT molecular complexity index is 1200. The first-order valence-electron chi connectivity index (χ1n) is 9.50. The van der Waals surface area contributed by atoms with Gasteiger partial charge >= 0.3 is 0 Å². The van der Waals surface area contributed by atoms with Crippen LogP contribution < -0.4 is 10.6 Å². The molecule has 154 valence electrons. The number of halogens is 2. The Kier molecular flexibility index (Phi) is 4.39. The van der Waals surface area contributed by atoms with E-state index >= 15 is 0 Å². The van der Waals surface area contributed by atoms with Crippen molar-refractivity contribution in [3.63, 3.8) is 0 Å². The van der Waals surface area contributed by atoms with Crippen molar-refractivity contribution < 1.29 is 8.78 Å². The van der Waals surface area contributed by atoms with Crippen LogP contribution in [0.15, 0.2) is 42.7 Å². The molecule has 1 aromatic carbocycles. The molecule has 0 radical (unpaired) electrons. The minimum Gasteiger partial charge on any atom is -0.309 e. The molecule has 2 N–H and O–H groups in total. The SMILES string of the molecule is Cn1nccc1Nc1nccc(-c2ccc3c(c2)nnn3C2CNCC(F)(F)C2)n1. The molecular formula is C19H19F2N9. The highest BCUT2D eigenvalue weighted by Gasteiger charge is 2.37. The van der Waals surface area contributed by atoms with Crippen molar-refractivity contribution in [1.29, 1.82) is 0 Å². The number of nitrogens with zero attached hydrogens (tertiary/aromatic N) is 7. The van der Waals surface area contributed by atoms with Gasteiger partial charge < -0.3 is 10.6 Å². The quantitative estimate of drug-likeness (QED) is 0.532. The predicted octanol–water partition coefficient (Wildman–Crippen LogP) is 2.54. The second-order valence-corrected chi connectivity index (χ2v) is 7.31. The minimum absolute atomic E-state index is 0.255. The Hall–Kier alpha value is -3.47. The zero-order chi connectivity index (χ0) is 20.7. The molecule has 0 amide bonds. The Morgan fingerprint density at radius 1 is 1.20 bits per heavy atom. The van der Waals surface area contributed by atoms with Crippen molar-refractivity contribution in [3.05, 3.63) is 42.7 Å². The maximum Gasteiger partial charge on any atom is 0.262 e. The molecule has 3 aromatic heterocycles. The maximum atomic E-state index is 13.8. The molecule has 30 heavy (non-hydrogen) atoms. The van der Waals surface area contributed by atoms with Gasteiger partial charge in [0.2, 0.25) is 5.95 Å². The first-order chi connectivity index (χ1) is 14.5. The summed E-state index contributed by atoms with van der Waals surface area (Å²) in [5, 5.41) is 18.3. The van der Waals surface area contributed by atoms with Gasteiger partial charge in [0.15, 0.2) is 0 Å². The summed E-state index contributed by atoms with van der Waals surface area (Å²) in [5.74, 6) is -1.54. The second kappa shape index (κ2) is 7.10. The van der Waals surface area contributed by atoms with Gasteiger partial charge in [-0.2, -0.15) is 5.10 Å². The molecule has 1 fully saturated rings. The largest absolute Gasteiger partial charge is 0.309 e. The van der Waals surface area contributed by atoms with E-state index in [-0.39, 0.29) is 13.0 Å². The van der Waals surface area contributed by atoms with E-state index in [1.54, 1.807) is 27.8 Å². The van der Waals surface area contributed by atoms with Crippen LogP contribution in [-0.4, -0.2) is 53.8 Å². The number of aromatic nitrogens is 7. The van der Waals surface area contributed by atoms with Crippen molar-refractivity contribution >= 4 is 22.8 Å². The lowest BCUT2D eigenvalue weighted by molar-refractivity contribution is -0.0377. The second-order valence-electron chi connectivity index (χ2n) is 7.31. The summed E-state index contributed by atoms with van der Waals surface area (Å²) in [5.41, 5.74) is 2.88. The van der Waals surface area contributed by atoms with E-state index in [1.807, 2.05) is 31.3 Å². The van der Waals surface area contributed by atoms with Gasteiger partial charge in [0.25, 0.3) is 5.92 Å². The standard InChI is InChI=1S/C19H19F2N9/c1-29-17(5-7-24-29)26-18-23-6-4-14(25-18)12-2-3-16-15(8-12)27-28-30(16)13-9-19(20,21)11-22-10-13/h2-8,13,22H,9-11H2,1H3,(H,23,25,26). The lowest BCUT2D eigenvalue weighted by Crippen LogP contribution is -2.44. The van der Waals surface area contributed by atoms with Crippen LogP contribution in [0.25, 0.3) is 22.3 Å². The van der Waals surface area contributed by atoms with Crippen molar-refractivity contribution in [2.75, 3.05) is 18.4 Å². The number of fused-ring (bicyclic) bond motifs is 1. The van der Waals surface area contributed by atoms with Crippen LogP contribution in [0.5, 0.6) is 0 Å². The van der Waals surface area contributed by atoms with Gasteiger partial charge in [0.05, 0.1) is 30.0 Å². The van der Waals surface area contributed by atoms with E-state index in [0.29, 0.717) is 29.2 Å². The van der Waals surface area contributed by atoms with Crippen LogP contribution >= 0.6 is 0 Å². The van der Waals surface area contributed by atoms with Gasteiger partial charge in [-0.1, -0.05) is 11.3 Å². The molecule has 1 unspecified atom stereocenters. The normalized spacial score (nSPS) is 18.6. The molecule has 1 aliphatic rings. The summed E-state index contributed by atoms with van der Waals surface area (Å²) in [6, 6.07) is 8.75. The lowest BCUT2D eigenvalue weighted by atomic mass is 10.0. The zero-order valence-corrected chi connectivity index (χ0v) is 16.1. The molecule has 0 spiro atoms. The molecule has 0 saturated carbocycles. The fourth-order valence-corrected chi connectivity index (χ4v) is 3.65. The molecule has 0 aliphatic carbocycles. The number of aryl methyl sites for hydroxylation is 1. The lowest BCUT2D eigenvalue weighted by Gasteiger charge is -2.29. The smallest absolute Gasteiger partial charge is 0.262 e. The first-order valence-corrected chi connectivity index (χ1v) is 9.50. The summed E-state index contributed by atoms with van der Waals surface area (Å²) in [6.45, 7) is 0.133. The van der Waals surface area contributed by atoms with Gasteiger partial charge in [-0.05, 0) is 18.2 Å². The maximum absolute atomic E-state index is 13.8. The van der Waals surface area contributed by atoms with Crippen LogP contribution in [0.3, 0.4) is 0 Å². The third kappa shape index (κ3) is 3.47. The average Bonchev–Trinajstić information content (AvgIpc) is 3.33. The summed E-state index contributed by atoms with van der Waals surface area (Å²) in [4.78, 5) is 8.80. The highest BCUT2D eigenvalue weighted by atomic mass is 19.3. The molecule has 4 aromatic rings. The van der Waals surface area contributed by atoms with Gasteiger partial charge in [0.1, 0.15) is 11.3 Å². The van der Waals surface area contributed by atoms with Crippen molar-refractivity contribution in [3.8, 4) is 11.3 Å². The topological polar surface area (TPSA) is 98.4 Å². The van der Waals surface area contributed by atoms with E-state index in [1.165, 1.54) is 0 Å². The third-order valence-electron chi connectivity index (χ3n) is 5.13. The van der Waals surface area contributed by atoms with Gasteiger partial charge in [0, 0.05) is 37.8 Å². The Morgan fingerprint density at radius 2 is 2.10 bits per heavy atom. The molecule has 5 rings (SSSR count). The fourth-order valence-electron chi connectivity index (χ4n) is 3.65. The van der Waals surface area contributed by atoms with E-state index in [2.05, 4.69) is 36.0 Å². The monoisotopic (exact) mass is 411 g/mol.